The van der Waals surface area contributed by atoms with Gasteiger partial charge in [-0.1, -0.05) is 414 Å². The van der Waals surface area contributed by atoms with Crippen molar-refractivity contribution in [2.45, 2.75) is 545 Å². The van der Waals surface area contributed by atoms with E-state index in [1.807, 2.05) is 25.2 Å². The van der Waals surface area contributed by atoms with Gasteiger partial charge in [0.25, 0.3) is 0 Å². The third-order valence-electron chi connectivity index (χ3n) is 27.3. The number of ether oxygens (including phenoxy) is 2. The van der Waals surface area contributed by atoms with Gasteiger partial charge in [0.15, 0.2) is 0 Å². The van der Waals surface area contributed by atoms with Crippen LogP contribution >= 0.6 is 0 Å². The van der Waals surface area contributed by atoms with Gasteiger partial charge < -0.3 is 40.1 Å². The minimum absolute atomic E-state index is 0.0145. The fraction of sp³-hybridized carbons (Fsp3) is 0.820. The molecule has 13 unspecified atom stereocenters. The number of epoxide rings is 2. The molecule has 0 radical (unpaired) electrons. The topological polar surface area (TPSA) is 146 Å². The molecule has 2 fully saturated rings. The average Bonchev–Trinajstić information content (AvgIpc) is 1.64. The van der Waals surface area contributed by atoms with Gasteiger partial charge >= 0.3 is 0 Å². The summed E-state index contributed by atoms with van der Waals surface area (Å²) in [6, 6.07) is 0. The van der Waals surface area contributed by atoms with E-state index in [4.69, 9.17) is 35.0 Å². The van der Waals surface area contributed by atoms with Crippen molar-refractivity contribution in [3.05, 3.63) is 131 Å². The Balaban J connectivity index is -0.000000479. The van der Waals surface area contributed by atoms with Crippen LogP contribution < -0.4 is 0 Å². The maximum atomic E-state index is 9.89. The van der Waals surface area contributed by atoms with E-state index in [1.165, 1.54) is 262 Å². The van der Waals surface area contributed by atoms with Crippen LogP contribution in [-0.4, -0.2) is 92.7 Å². The minimum Gasteiger partial charge on any atom is -0.394 e. The van der Waals surface area contributed by atoms with Gasteiger partial charge in [-0.2, -0.15) is 0 Å². The number of aliphatic hydroxyl groups is 6. The molecule has 2 heterocycles. The Hall–Kier alpha value is -3.18. The number of aliphatic hydroxyl groups excluding tert-OH is 5. The molecular formula is C122H232O8. The molecule has 0 aromatic rings. The maximum Gasteiger partial charge on any atom is 0.110 e. The van der Waals surface area contributed by atoms with Gasteiger partial charge in [0, 0.05) is 0 Å². The summed E-state index contributed by atoms with van der Waals surface area (Å²) in [7, 11) is 0. The molecule has 0 spiro atoms. The monoisotopic (exact) mass is 1830 g/mol. The second-order valence-electron chi connectivity index (χ2n) is 44.9. The van der Waals surface area contributed by atoms with Crippen molar-refractivity contribution in [2.75, 3.05) is 33.0 Å². The second kappa shape index (κ2) is 88.5. The van der Waals surface area contributed by atoms with E-state index in [1.54, 1.807) is 6.08 Å². The molecule has 0 aliphatic carbocycles. The van der Waals surface area contributed by atoms with Crippen LogP contribution in [0.4, 0.5) is 0 Å². The number of rotatable bonds is 72. The lowest BCUT2D eigenvalue weighted by Crippen LogP contribution is -2.20. The molecular weight excluding hydrogens is 1590 g/mol. The Morgan fingerprint density at radius 1 is 0.285 bits per heavy atom. The van der Waals surface area contributed by atoms with Gasteiger partial charge in [-0.25, -0.2) is 0 Å². The quantitative estimate of drug-likeness (QED) is 0.0261. The van der Waals surface area contributed by atoms with Crippen molar-refractivity contribution in [3.8, 4) is 0 Å². The zero-order chi connectivity index (χ0) is 99.7. The van der Waals surface area contributed by atoms with Crippen LogP contribution in [0, 0.1) is 71.0 Å². The standard InChI is InChI=1S/C20H40O2.C20H34O2.2C20H40O.C20H34O.C20H40O.C2H4/c2*1-16(2)9-6-10-17(3)11-7-12-18(4)13-8-14-20(5)19(15-21)22-20;3*1-17(2)9-6-10-18(3)11-7-12-19(4)13-8-14-20(5)15-16-21;1-7-20(6,21)16-10-15-19(5)14-9-13-18(4)12-8-11-17(2)3;1-2/h16-19,21H,6-15H2,1-5H3;9,11,13,19,21H,6-8,10,12,14-15H2,1-5H3;2*15,17-19,21H,6-14,16H2,1-5H3;9,11,13,15,21H,6-8,10,12,14,16H2,1-5H3;7,17-19,21H,1,8-16H2,2-6H3;1-2H2/b;17-11+,18-13+;2*20-15+;18-11+,19-13+,20-15+;;. The summed E-state index contributed by atoms with van der Waals surface area (Å²) in [5.74, 6) is 10.4. The first kappa shape index (κ1) is 135. The Labute approximate surface area is 814 Å². The zero-order valence-corrected chi connectivity index (χ0v) is 93.0. The Morgan fingerprint density at radius 3 is 0.723 bits per heavy atom. The maximum absolute atomic E-state index is 9.89. The number of allylic oxidation sites excluding steroid dienone is 15. The largest absolute Gasteiger partial charge is 0.394 e. The molecule has 2 aliphatic rings. The van der Waals surface area contributed by atoms with Crippen LogP contribution in [0.1, 0.15) is 516 Å². The van der Waals surface area contributed by atoms with Gasteiger partial charge in [0.2, 0.25) is 0 Å². The third kappa shape index (κ3) is 95.1. The first-order valence-corrected chi connectivity index (χ1v) is 54.5. The van der Waals surface area contributed by atoms with E-state index >= 15 is 0 Å². The van der Waals surface area contributed by atoms with Crippen molar-refractivity contribution in [1.82, 2.24) is 0 Å². The minimum atomic E-state index is -0.676. The summed E-state index contributed by atoms with van der Waals surface area (Å²) in [6.07, 6.45) is 82.8. The summed E-state index contributed by atoms with van der Waals surface area (Å²) in [5, 5.41) is 54.5. The van der Waals surface area contributed by atoms with Crippen molar-refractivity contribution in [2.24, 2.45) is 71.0 Å². The summed E-state index contributed by atoms with van der Waals surface area (Å²) in [5.41, 5.74) is 11.9. The van der Waals surface area contributed by atoms with Crippen molar-refractivity contribution >= 4 is 0 Å². The molecule has 130 heavy (non-hydrogen) atoms. The van der Waals surface area contributed by atoms with Crippen molar-refractivity contribution in [1.29, 1.82) is 0 Å². The molecule has 2 saturated heterocycles. The average molecular weight is 1830 g/mol. The number of hydrogen-bond acceptors (Lipinski definition) is 8. The summed E-state index contributed by atoms with van der Waals surface area (Å²) in [6.45, 7) is 78.3. The lowest BCUT2D eigenvalue weighted by atomic mass is 9.90. The molecule has 8 nitrogen and oxygen atoms in total. The first-order valence-electron chi connectivity index (χ1n) is 54.5. The van der Waals surface area contributed by atoms with Crippen LogP contribution in [0.2, 0.25) is 0 Å². The van der Waals surface area contributed by atoms with Crippen molar-refractivity contribution < 1.29 is 40.1 Å². The fourth-order valence-corrected chi connectivity index (χ4v) is 17.2. The molecule has 6 N–H and O–H groups in total. The predicted molar refractivity (Wildman–Crippen MR) is 584 cm³/mol. The highest BCUT2D eigenvalue weighted by molar-refractivity contribution is 5.10. The van der Waals surface area contributed by atoms with Crippen LogP contribution in [0.15, 0.2) is 131 Å². The van der Waals surface area contributed by atoms with E-state index in [-0.39, 0.29) is 56.4 Å². The molecule has 0 saturated carbocycles. The van der Waals surface area contributed by atoms with E-state index in [0.717, 1.165) is 167 Å². The molecule has 13 atom stereocenters. The van der Waals surface area contributed by atoms with Crippen LogP contribution in [0.25, 0.3) is 0 Å². The Morgan fingerprint density at radius 2 is 0.492 bits per heavy atom. The van der Waals surface area contributed by atoms with E-state index in [2.05, 4.69) is 257 Å². The lowest BCUT2D eigenvalue weighted by Gasteiger charge is -2.20. The summed E-state index contributed by atoms with van der Waals surface area (Å²) in [4.78, 5) is 0. The molecule has 0 amide bonds. The van der Waals surface area contributed by atoms with Crippen LogP contribution in [-0.2, 0) is 9.47 Å². The molecule has 0 bridgehead atoms. The molecule has 8 heteroatoms. The SMILES string of the molecule is C/C(=C\CO)CCCC(C)CCCC(C)CCCC(C)C.C/C(=C\CO)CCCC(C)CCCC(C)CCCC(C)C.C=C.C=CC(C)(O)CCCC(C)CCCC(C)CCCC(C)C.CC(C)=CCC/C(C)=C/CC/C(C)=C/CC/C(C)=C/CO.CC(C)=CCC/C(C)=C/CC/C(C)=C/CCC1(C)OC1CO.CC(C)CCCC(C)CCCC(C)CCCC1(C)OC1CO. The van der Waals surface area contributed by atoms with E-state index < -0.39 is 5.60 Å². The van der Waals surface area contributed by atoms with E-state index in [0.29, 0.717) is 0 Å². The van der Waals surface area contributed by atoms with Gasteiger partial charge in [-0.3, -0.25) is 0 Å². The van der Waals surface area contributed by atoms with Gasteiger partial charge in [0.05, 0.1) is 49.8 Å². The Kier molecular flexibility index (Phi) is 92.1. The molecule has 0 aromatic carbocycles. The fourth-order valence-electron chi connectivity index (χ4n) is 17.2. The normalized spacial score (nSPS) is 18.9. The second-order valence-corrected chi connectivity index (χ2v) is 44.9. The highest BCUT2D eigenvalue weighted by Gasteiger charge is 2.51. The summed E-state index contributed by atoms with van der Waals surface area (Å²) >= 11 is 0. The molecule has 2 aliphatic heterocycles. The van der Waals surface area contributed by atoms with Gasteiger partial charge in [-0.15, -0.1) is 19.7 Å². The van der Waals surface area contributed by atoms with Crippen LogP contribution in [0.5, 0.6) is 0 Å². The summed E-state index contributed by atoms with van der Waals surface area (Å²) < 4.78 is 11.1. The predicted octanol–water partition coefficient (Wildman–Crippen LogP) is 36.9. The van der Waals surface area contributed by atoms with Crippen molar-refractivity contribution in [3.63, 3.8) is 0 Å². The first-order chi connectivity index (χ1) is 61.4. The van der Waals surface area contributed by atoms with E-state index in [9.17, 15) is 5.11 Å². The number of hydrogen-bond donors (Lipinski definition) is 6. The van der Waals surface area contributed by atoms with Gasteiger partial charge in [0.1, 0.15) is 12.2 Å². The smallest absolute Gasteiger partial charge is 0.110 e. The molecule has 2 rings (SSSR count). The zero-order valence-electron chi connectivity index (χ0n) is 93.0. The third-order valence-corrected chi connectivity index (χ3v) is 27.3. The highest BCUT2D eigenvalue weighted by atomic mass is 16.6. The Bertz CT molecular complexity index is 2810. The molecule has 768 valence electrons. The van der Waals surface area contributed by atoms with Crippen LogP contribution in [0.3, 0.4) is 0 Å². The highest BCUT2D eigenvalue weighted by Crippen LogP contribution is 2.42. The van der Waals surface area contributed by atoms with Gasteiger partial charge in [-0.05, 0) is 284 Å². The lowest BCUT2D eigenvalue weighted by molar-refractivity contribution is 0.0974. The molecule has 0 aromatic heterocycles.